The molecule has 0 heterocycles. The van der Waals surface area contributed by atoms with Crippen LogP contribution in [0.5, 0.6) is 5.75 Å². The maximum Gasteiger partial charge on any atom is 0.312 e. The van der Waals surface area contributed by atoms with E-state index in [0.717, 1.165) is 31.4 Å². The Labute approximate surface area is 171 Å². The van der Waals surface area contributed by atoms with Gasteiger partial charge in [-0.1, -0.05) is 46.8 Å². The molecule has 156 valence electrons. The largest absolute Gasteiger partial charge is 0.497 e. The summed E-state index contributed by atoms with van der Waals surface area (Å²) in [5.74, 6) is 1.84. The topological polar surface area (TPSA) is 35.5 Å². The van der Waals surface area contributed by atoms with E-state index in [2.05, 4.69) is 53.7 Å². The van der Waals surface area contributed by atoms with Crippen molar-refractivity contribution in [3.8, 4) is 5.75 Å². The van der Waals surface area contributed by atoms with Crippen LogP contribution in [0.15, 0.2) is 24.3 Å². The normalized spacial score (nSPS) is 31.0. The maximum absolute atomic E-state index is 13.2. The second-order valence-corrected chi connectivity index (χ2v) is 10.1. The molecule has 2 bridgehead atoms. The Bertz CT molecular complexity index is 701. The fourth-order valence-electron chi connectivity index (χ4n) is 5.80. The molecule has 2 fully saturated rings. The summed E-state index contributed by atoms with van der Waals surface area (Å²) in [6.07, 6.45) is 4.98. The van der Waals surface area contributed by atoms with Gasteiger partial charge in [0.2, 0.25) is 0 Å². The molecule has 3 heteroatoms. The predicted octanol–water partition coefficient (Wildman–Crippen LogP) is 6.05. The van der Waals surface area contributed by atoms with Gasteiger partial charge in [-0.05, 0) is 68.1 Å². The van der Waals surface area contributed by atoms with Crippen molar-refractivity contribution in [3.63, 3.8) is 0 Å². The third-order valence-electron chi connectivity index (χ3n) is 8.83. The van der Waals surface area contributed by atoms with Crippen molar-refractivity contribution in [2.75, 3.05) is 7.11 Å². The highest BCUT2D eigenvalue weighted by Crippen LogP contribution is 2.69. The van der Waals surface area contributed by atoms with E-state index in [0.29, 0.717) is 11.8 Å². The van der Waals surface area contributed by atoms with Gasteiger partial charge in [-0.25, -0.2) is 0 Å². The van der Waals surface area contributed by atoms with Gasteiger partial charge in [0.1, 0.15) is 11.9 Å². The molecule has 0 aliphatic heterocycles. The zero-order valence-corrected chi connectivity index (χ0v) is 18.8. The Morgan fingerprint density at radius 2 is 1.75 bits per heavy atom. The van der Waals surface area contributed by atoms with Gasteiger partial charge in [0.05, 0.1) is 12.5 Å². The monoisotopic (exact) mass is 386 g/mol. The van der Waals surface area contributed by atoms with Crippen molar-refractivity contribution in [1.82, 2.24) is 0 Å². The Hall–Kier alpha value is -1.51. The van der Waals surface area contributed by atoms with Gasteiger partial charge in [0, 0.05) is 11.3 Å². The predicted molar refractivity (Wildman–Crippen MR) is 113 cm³/mol. The molecular weight excluding hydrogens is 348 g/mol. The zero-order chi connectivity index (χ0) is 20.7. The number of ether oxygens (including phenoxy) is 2. The van der Waals surface area contributed by atoms with Gasteiger partial charge in [0.25, 0.3) is 0 Å². The van der Waals surface area contributed by atoms with Gasteiger partial charge in [-0.15, -0.1) is 0 Å². The molecule has 0 radical (unpaired) electrons. The highest BCUT2D eigenvalue weighted by molar-refractivity contribution is 5.76. The van der Waals surface area contributed by atoms with Crippen molar-refractivity contribution in [3.05, 3.63) is 29.8 Å². The first kappa shape index (κ1) is 21.2. The van der Waals surface area contributed by atoms with Crippen LogP contribution in [0.1, 0.15) is 72.8 Å². The van der Waals surface area contributed by atoms with Crippen molar-refractivity contribution in [2.24, 2.45) is 28.1 Å². The van der Waals surface area contributed by atoms with E-state index in [-0.39, 0.29) is 28.3 Å². The third kappa shape index (κ3) is 3.15. The average molecular weight is 387 g/mol. The van der Waals surface area contributed by atoms with Crippen LogP contribution in [0, 0.1) is 28.1 Å². The molecule has 4 atom stereocenters. The molecule has 1 aromatic carbocycles. The lowest BCUT2D eigenvalue weighted by Gasteiger charge is -2.41. The van der Waals surface area contributed by atoms with E-state index < -0.39 is 0 Å². The number of esters is 1. The SMILES string of the molecule is CCC(C)(CC)C(=O)O[C@@H]1[C@@H](Cc2ccc(OC)cc2)[C@H]2CC[C@]1(C)C2(C)C. The van der Waals surface area contributed by atoms with E-state index in [4.69, 9.17) is 9.47 Å². The van der Waals surface area contributed by atoms with Crippen LogP contribution in [0.3, 0.4) is 0 Å². The summed E-state index contributed by atoms with van der Waals surface area (Å²) in [4.78, 5) is 13.2. The first-order valence-electron chi connectivity index (χ1n) is 11.0. The Morgan fingerprint density at radius 3 is 2.29 bits per heavy atom. The minimum absolute atomic E-state index is 0.00623. The van der Waals surface area contributed by atoms with E-state index in [1.54, 1.807) is 7.11 Å². The second-order valence-electron chi connectivity index (χ2n) is 10.1. The fraction of sp³-hybridized carbons (Fsp3) is 0.720. The first-order valence-corrected chi connectivity index (χ1v) is 11.0. The lowest BCUT2D eigenvalue weighted by molar-refractivity contribution is -0.172. The van der Waals surface area contributed by atoms with Crippen LogP contribution in [-0.4, -0.2) is 19.2 Å². The van der Waals surface area contributed by atoms with Crippen LogP contribution in [-0.2, 0) is 16.0 Å². The standard InChI is InChI=1S/C25H38O3/c1-8-24(5,9-2)22(26)28-21-19(16-17-10-12-18(27-7)13-11-17)20-14-15-25(21,6)23(20,3)4/h10-13,19-21H,8-9,14-16H2,1-7H3/t19-,20+,21+,25-/m0/s1. The summed E-state index contributed by atoms with van der Waals surface area (Å²) in [6, 6.07) is 8.37. The molecule has 0 N–H and O–H groups in total. The van der Waals surface area contributed by atoms with Crippen LogP contribution in [0.25, 0.3) is 0 Å². The van der Waals surface area contributed by atoms with Crippen LogP contribution in [0.2, 0.25) is 0 Å². The molecule has 0 unspecified atom stereocenters. The van der Waals surface area contributed by atoms with E-state index in [9.17, 15) is 4.79 Å². The van der Waals surface area contributed by atoms with Gasteiger partial charge in [-0.3, -0.25) is 4.79 Å². The molecular formula is C25H38O3. The lowest BCUT2D eigenvalue weighted by atomic mass is 9.69. The Morgan fingerprint density at radius 1 is 1.14 bits per heavy atom. The molecule has 3 rings (SSSR count). The van der Waals surface area contributed by atoms with Crippen molar-refractivity contribution < 1.29 is 14.3 Å². The van der Waals surface area contributed by atoms with Crippen molar-refractivity contribution in [2.45, 2.75) is 79.8 Å². The van der Waals surface area contributed by atoms with Crippen LogP contribution in [0.4, 0.5) is 0 Å². The number of hydrogen-bond donors (Lipinski definition) is 0. The summed E-state index contributed by atoms with van der Waals surface area (Å²) in [6.45, 7) is 13.4. The number of carbonyl (C=O) groups is 1. The first-order chi connectivity index (χ1) is 13.1. The lowest BCUT2D eigenvalue weighted by Crippen LogP contribution is -2.44. The minimum atomic E-state index is -0.382. The summed E-state index contributed by atoms with van der Waals surface area (Å²) in [5.41, 5.74) is 1.15. The number of rotatable bonds is 7. The number of hydrogen-bond acceptors (Lipinski definition) is 3. The fourth-order valence-corrected chi connectivity index (χ4v) is 5.80. The summed E-state index contributed by atoms with van der Waals surface area (Å²) >= 11 is 0. The Balaban J connectivity index is 1.89. The quantitative estimate of drug-likeness (QED) is 0.535. The molecule has 0 aromatic heterocycles. The van der Waals surface area contributed by atoms with Crippen LogP contribution >= 0.6 is 0 Å². The summed E-state index contributed by atoms with van der Waals surface area (Å²) in [5, 5.41) is 0. The number of methoxy groups -OCH3 is 1. The van der Waals surface area contributed by atoms with Crippen molar-refractivity contribution in [1.29, 1.82) is 0 Å². The van der Waals surface area contributed by atoms with Crippen LogP contribution < -0.4 is 4.74 Å². The molecule has 2 aliphatic rings. The smallest absolute Gasteiger partial charge is 0.312 e. The molecule has 2 saturated carbocycles. The molecule has 3 nitrogen and oxygen atoms in total. The molecule has 28 heavy (non-hydrogen) atoms. The minimum Gasteiger partial charge on any atom is -0.497 e. The summed E-state index contributed by atoms with van der Waals surface area (Å²) < 4.78 is 11.7. The number of benzene rings is 1. The van der Waals surface area contributed by atoms with E-state index in [1.165, 1.54) is 12.0 Å². The third-order valence-corrected chi connectivity index (χ3v) is 8.83. The number of carbonyl (C=O) groups excluding carboxylic acids is 1. The van der Waals surface area contributed by atoms with Gasteiger partial charge < -0.3 is 9.47 Å². The van der Waals surface area contributed by atoms with Crippen molar-refractivity contribution >= 4 is 5.97 Å². The highest BCUT2D eigenvalue weighted by Gasteiger charge is 2.67. The molecule has 0 saturated heterocycles. The van der Waals surface area contributed by atoms with E-state index in [1.807, 2.05) is 12.1 Å². The zero-order valence-electron chi connectivity index (χ0n) is 18.8. The molecule has 0 amide bonds. The maximum atomic E-state index is 13.2. The number of fused-ring (bicyclic) bond motifs is 2. The van der Waals surface area contributed by atoms with Gasteiger partial charge >= 0.3 is 5.97 Å². The molecule has 0 spiro atoms. The molecule has 2 aliphatic carbocycles. The summed E-state index contributed by atoms with van der Waals surface area (Å²) in [7, 11) is 1.70. The second kappa shape index (κ2) is 7.39. The van der Waals surface area contributed by atoms with Gasteiger partial charge in [0.15, 0.2) is 0 Å². The van der Waals surface area contributed by atoms with Gasteiger partial charge in [-0.2, -0.15) is 0 Å². The Kier molecular flexibility index (Phi) is 5.59. The molecule has 1 aromatic rings. The average Bonchev–Trinajstić information content (AvgIpc) is 3.01. The highest BCUT2D eigenvalue weighted by atomic mass is 16.5. The van der Waals surface area contributed by atoms with E-state index >= 15 is 0 Å².